The fourth-order valence-corrected chi connectivity index (χ4v) is 2.58. The SMILES string of the molecule is CN(C)C=Nc1ccc(NC(=O)/C(F)=C/[C@H]2CCCN2C)cc1C#N. The summed E-state index contributed by atoms with van der Waals surface area (Å²) in [5.74, 6) is -1.62. The van der Waals surface area contributed by atoms with Crippen LogP contribution in [0.2, 0.25) is 0 Å². The van der Waals surface area contributed by atoms with Gasteiger partial charge in [0, 0.05) is 25.8 Å². The van der Waals surface area contributed by atoms with Crippen LogP contribution < -0.4 is 5.32 Å². The molecule has 1 N–H and O–H groups in total. The maximum Gasteiger partial charge on any atom is 0.284 e. The Morgan fingerprint density at radius 2 is 2.28 bits per heavy atom. The molecule has 0 saturated carbocycles. The van der Waals surface area contributed by atoms with Crippen LogP contribution in [0.1, 0.15) is 18.4 Å². The number of carbonyl (C=O) groups excluding carboxylic acids is 1. The normalized spacial score (nSPS) is 18.4. The van der Waals surface area contributed by atoms with Crippen LogP contribution in [0.5, 0.6) is 0 Å². The van der Waals surface area contributed by atoms with Crippen LogP contribution in [-0.2, 0) is 4.79 Å². The Morgan fingerprint density at radius 1 is 1.52 bits per heavy atom. The molecule has 6 nitrogen and oxygen atoms in total. The molecule has 1 atom stereocenters. The van der Waals surface area contributed by atoms with Gasteiger partial charge in [0.2, 0.25) is 0 Å². The second kappa shape index (κ2) is 8.40. The quantitative estimate of drug-likeness (QED) is 0.507. The molecule has 0 bridgehead atoms. The number of nitrogens with zero attached hydrogens (tertiary/aromatic N) is 4. The van der Waals surface area contributed by atoms with Gasteiger partial charge in [0.15, 0.2) is 5.83 Å². The number of nitrogens with one attached hydrogen (secondary N) is 1. The third-order valence-electron chi connectivity index (χ3n) is 3.94. The lowest BCUT2D eigenvalue weighted by Crippen LogP contribution is -2.24. The second-order valence-corrected chi connectivity index (χ2v) is 6.21. The second-order valence-electron chi connectivity index (χ2n) is 6.21. The van der Waals surface area contributed by atoms with Crippen LogP contribution in [0.4, 0.5) is 15.8 Å². The predicted molar refractivity (Wildman–Crippen MR) is 96.5 cm³/mol. The molecule has 1 aromatic carbocycles. The lowest BCUT2D eigenvalue weighted by molar-refractivity contribution is -0.114. The van der Waals surface area contributed by atoms with Gasteiger partial charge in [-0.15, -0.1) is 0 Å². The molecule has 132 valence electrons. The fourth-order valence-electron chi connectivity index (χ4n) is 2.58. The number of aliphatic imine (C=N–C) groups is 1. The van der Waals surface area contributed by atoms with E-state index in [4.69, 9.17) is 0 Å². The van der Waals surface area contributed by atoms with E-state index < -0.39 is 11.7 Å². The molecule has 2 rings (SSSR count). The minimum atomic E-state index is -0.813. The number of anilines is 1. The summed E-state index contributed by atoms with van der Waals surface area (Å²) < 4.78 is 14.1. The number of likely N-dealkylation sites (tertiary alicyclic amines) is 1. The average molecular weight is 343 g/mol. The van der Waals surface area contributed by atoms with E-state index >= 15 is 0 Å². The zero-order chi connectivity index (χ0) is 18.4. The molecule has 1 fully saturated rings. The predicted octanol–water partition coefficient (Wildman–Crippen LogP) is 2.67. The van der Waals surface area contributed by atoms with Crippen molar-refractivity contribution in [3.63, 3.8) is 0 Å². The number of hydrogen-bond acceptors (Lipinski definition) is 4. The highest BCUT2D eigenvalue weighted by Crippen LogP contribution is 2.23. The molecule has 1 saturated heterocycles. The molecule has 0 unspecified atom stereocenters. The highest BCUT2D eigenvalue weighted by atomic mass is 19.1. The van der Waals surface area contributed by atoms with Gasteiger partial charge in [-0.3, -0.25) is 9.69 Å². The average Bonchev–Trinajstić information content (AvgIpc) is 2.98. The first kappa shape index (κ1) is 18.6. The number of nitriles is 1. The first-order valence-electron chi connectivity index (χ1n) is 8.04. The van der Waals surface area contributed by atoms with Gasteiger partial charge in [-0.1, -0.05) is 0 Å². The van der Waals surface area contributed by atoms with Crippen LogP contribution >= 0.6 is 0 Å². The summed E-state index contributed by atoms with van der Waals surface area (Å²) in [6, 6.07) is 6.66. The highest BCUT2D eigenvalue weighted by Gasteiger charge is 2.21. The molecule has 0 radical (unpaired) electrons. The Morgan fingerprint density at radius 3 is 2.88 bits per heavy atom. The summed E-state index contributed by atoms with van der Waals surface area (Å²) >= 11 is 0. The molecule has 1 aliphatic heterocycles. The van der Waals surface area contributed by atoms with Crippen molar-refractivity contribution in [1.29, 1.82) is 5.26 Å². The lowest BCUT2D eigenvalue weighted by Gasteiger charge is -2.15. The molecule has 1 amide bonds. The van der Waals surface area contributed by atoms with Gasteiger partial charge in [-0.2, -0.15) is 5.26 Å². The van der Waals surface area contributed by atoms with E-state index in [9.17, 15) is 14.4 Å². The third kappa shape index (κ3) is 5.13. The van der Waals surface area contributed by atoms with Crippen molar-refractivity contribution < 1.29 is 9.18 Å². The van der Waals surface area contributed by atoms with E-state index in [0.29, 0.717) is 16.9 Å². The molecular weight excluding hydrogens is 321 g/mol. The van der Waals surface area contributed by atoms with Crippen LogP contribution in [0.25, 0.3) is 0 Å². The van der Waals surface area contributed by atoms with E-state index in [2.05, 4.69) is 10.3 Å². The summed E-state index contributed by atoms with van der Waals surface area (Å²) in [5.41, 5.74) is 1.14. The third-order valence-corrected chi connectivity index (χ3v) is 3.94. The van der Waals surface area contributed by atoms with E-state index in [1.807, 2.05) is 32.1 Å². The molecular formula is C18H22FN5O. The highest BCUT2D eigenvalue weighted by molar-refractivity contribution is 6.02. The Labute approximate surface area is 147 Å². The first-order chi connectivity index (χ1) is 11.9. The van der Waals surface area contributed by atoms with Gasteiger partial charge in [0.1, 0.15) is 6.07 Å². The number of halogens is 1. The molecule has 0 spiro atoms. The zero-order valence-electron chi connectivity index (χ0n) is 14.7. The van der Waals surface area contributed by atoms with Crippen molar-refractivity contribution in [1.82, 2.24) is 9.80 Å². The number of carbonyl (C=O) groups is 1. The molecule has 1 aliphatic rings. The van der Waals surface area contributed by atoms with Crippen LogP contribution in [0, 0.1) is 11.3 Å². The van der Waals surface area contributed by atoms with Gasteiger partial charge in [-0.25, -0.2) is 9.38 Å². The molecule has 1 heterocycles. The van der Waals surface area contributed by atoms with Gasteiger partial charge < -0.3 is 10.2 Å². The molecule has 1 aromatic rings. The molecule has 0 aliphatic carbocycles. The smallest absolute Gasteiger partial charge is 0.284 e. The van der Waals surface area contributed by atoms with Crippen molar-refractivity contribution in [2.75, 3.05) is 33.0 Å². The Kier molecular flexibility index (Phi) is 6.25. The maximum absolute atomic E-state index is 14.1. The van der Waals surface area contributed by atoms with Crippen molar-refractivity contribution in [2.24, 2.45) is 4.99 Å². The maximum atomic E-state index is 14.1. The number of likely N-dealkylation sites (N-methyl/N-ethyl adjacent to an activating group) is 1. The number of rotatable bonds is 5. The van der Waals surface area contributed by atoms with E-state index in [0.717, 1.165) is 19.4 Å². The topological polar surface area (TPSA) is 71.7 Å². The summed E-state index contributed by atoms with van der Waals surface area (Å²) in [4.78, 5) is 20.0. The minimum Gasteiger partial charge on any atom is -0.369 e. The minimum absolute atomic E-state index is 0.0526. The van der Waals surface area contributed by atoms with E-state index in [1.54, 1.807) is 23.4 Å². The lowest BCUT2D eigenvalue weighted by atomic mass is 10.1. The van der Waals surface area contributed by atoms with Gasteiger partial charge in [0.25, 0.3) is 5.91 Å². The Bertz CT molecular complexity index is 735. The summed E-state index contributed by atoms with van der Waals surface area (Å²) in [6.45, 7) is 0.899. The zero-order valence-corrected chi connectivity index (χ0v) is 14.7. The monoisotopic (exact) mass is 343 g/mol. The van der Waals surface area contributed by atoms with Crippen molar-refractivity contribution in [3.8, 4) is 6.07 Å². The summed E-state index contributed by atoms with van der Waals surface area (Å²) in [7, 11) is 5.55. The van der Waals surface area contributed by atoms with Crippen molar-refractivity contribution in [2.45, 2.75) is 18.9 Å². The fraction of sp³-hybridized carbons (Fsp3) is 0.389. The number of hydrogen-bond donors (Lipinski definition) is 1. The van der Waals surface area contributed by atoms with Gasteiger partial charge in [-0.05, 0) is 50.7 Å². The molecule has 0 aromatic heterocycles. The van der Waals surface area contributed by atoms with Crippen LogP contribution in [-0.4, -0.2) is 55.8 Å². The Hall–Kier alpha value is -2.72. The van der Waals surface area contributed by atoms with Gasteiger partial charge >= 0.3 is 0 Å². The number of benzene rings is 1. The largest absolute Gasteiger partial charge is 0.369 e. The molecule has 7 heteroatoms. The summed E-state index contributed by atoms with van der Waals surface area (Å²) in [5, 5.41) is 11.7. The molecule has 25 heavy (non-hydrogen) atoms. The van der Waals surface area contributed by atoms with Crippen LogP contribution in [0.15, 0.2) is 35.1 Å². The van der Waals surface area contributed by atoms with E-state index in [-0.39, 0.29) is 6.04 Å². The number of amides is 1. The summed E-state index contributed by atoms with van der Waals surface area (Å²) in [6.07, 6.45) is 4.76. The van der Waals surface area contributed by atoms with Crippen molar-refractivity contribution >= 4 is 23.6 Å². The standard InChI is InChI=1S/C18H22FN5O/c1-23(2)12-21-17-7-6-14(9-13(17)11-20)22-18(25)16(19)10-15-5-4-8-24(15)3/h6-7,9-10,12,15H,4-5,8H2,1-3H3,(H,22,25)/b16-10-,21-12?/t15-/m1/s1. The van der Waals surface area contributed by atoms with E-state index in [1.165, 1.54) is 12.1 Å². The van der Waals surface area contributed by atoms with Gasteiger partial charge in [0.05, 0.1) is 17.6 Å². The van der Waals surface area contributed by atoms with Crippen LogP contribution in [0.3, 0.4) is 0 Å². The first-order valence-corrected chi connectivity index (χ1v) is 8.04. The Balaban J connectivity index is 2.10. The van der Waals surface area contributed by atoms with Crippen molar-refractivity contribution in [3.05, 3.63) is 35.7 Å².